The van der Waals surface area contributed by atoms with E-state index in [-0.39, 0.29) is 0 Å². The molecule has 0 aromatic heterocycles. The zero-order chi connectivity index (χ0) is 20.4. The average molecular weight is 387 g/mol. The molecule has 144 valence electrons. The molecule has 0 bridgehead atoms. The highest BCUT2D eigenvalue weighted by molar-refractivity contribution is 7.19. The van der Waals surface area contributed by atoms with Crippen molar-refractivity contribution in [3.05, 3.63) is 120 Å². The maximum absolute atomic E-state index is 14.3. The first-order valence-corrected chi connectivity index (χ1v) is 9.51. The van der Waals surface area contributed by atoms with Crippen molar-refractivity contribution >= 4 is 28.0 Å². The molecule has 0 aliphatic rings. The third-order valence-electron chi connectivity index (χ3n) is 5.59. The van der Waals surface area contributed by atoms with Crippen LogP contribution in [0.25, 0.3) is 0 Å². The molecule has 4 heteroatoms. The fourth-order valence-electron chi connectivity index (χ4n) is 4.42. The molecule has 0 heterocycles. The molecule has 0 amide bonds. The molecular formula is C25H19BF3-. The Hall–Kier alpha value is -3.27. The Kier molecular flexibility index (Phi) is 5.02. The minimum Gasteiger partial charge on any atom is -0.207 e. The second-order valence-electron chi connectivity index (χ2n) is 7.45. The minimum absolute atomic E-state index is 0.394. The number of aryl methyl sites for hydroxylation is 1. The standard InChI is InChI=1S/C25H19BF3/c1-18-6-2-7-19(14-18)26(20-8-3-11-23(27)15-20,21-9-4-12-24(28)16-21)22-10-5-13-25(29)17-22/h2-17H,1H3/q-1. The Bertz CT molecular complexity index is 982. The van der Waals surface area contributed by atoms with Crippen molar-refractivity contribution in [2.75, 3.05) is 0 Å². The van der Waals surface area contributed by atoms with Gasteiger partial charge in [0, 0.05) is 0 Å². The summed E-state index contributed by atoms with van der Waals surface area (Å²) >= 11 is 0. The van der Waals surface area contributed by atoms with Crippen LogP contribution in [-0.2, 0) is 0 Å². The molecule has 0 atom stereocenters. The number of hydrogen-bond acceptors (Lipinski definition) is 0. The summed E-state index contributed by atoms with van der Waals surface area (Å²) in [4.78, 5) is 0. The van der Waals surface area contributed by atoms with Crippen molar-refractivity contribution in [2.24, 2.45) is 0 Å². The number of rotatable bonds is 4. The van der Waals surface area contributed by atoms with Gasteiger partial charge in [-0.3, -0.25) is 0 Å². The monoisotopic (exact) mass is 387 g/mol. The molecule has 0 radical (unpaired) electrons. The van der Waals surface area contributed by atoms with Crippen LogP contribution >= 0.6 is 0 Å². The lowest BCUT2D eigenvalue weighted by molar-refractivity contribution is 0.629. The molecule has 0 fully saturated rings. The summed E-state index contributed by atoms with van der Waals surface area (Å²) in [5.41, 5.74) is 3.86. The van der Waals surface area contributed by atoms with Crippen LogP contribution in [0.5, 0.6) is 0 Å². The normalized spacial score (nSPS) is 11.4. The topological polar surface area (TPSA) is 0 Å². The van der Waals surface area contributed by atoms with E-state index < -0.39 is 23.6 Å². The van der Waals surface area contributed by atoms with Gasteiger partial charge in [-0.2, -0.15) is 21.9 Å². The van der Waals surface area contributed by atoms with Gasteiger partial charge in [0.25, 0.3) is 0 Å². The number of hydrogen-bond donors (Lipinski definition) is 0. The lowest BCUT2D eigenvalue weighted by Gasteiger charge is -2.44. The highest BCUT2D eigenvalue weighted by atomic mass is 19.1. The fourth-order valence-corrected chi connectivity index (χ4v) is 4.42. The third kappa shape index (κ3) is 3.47. The van der Waals surface area contributed by atoms with Gasteiger partial charge < -0.3 is 0 Å². The molecule has 0 unspecified atom stereocenters. The Morgan fingerprint density at radius 2 is 0.828 bits per heavy atom. The maximum atomic E-state index is 14.3. The summed E-state index contributed by atoms with van der Waals surface area (Å²) < 4.78 is 43.0. The Morgan fingerprint density at radius 3 is 1.17 bits per heavy atom. The van der Waals surface area contributed by atoms with Gasteiger partial charge in [0.05, 0.1) is 0 Å². The van der Waals surface area contributed by atoms with E-state index in [0.29, 0.717) is 16.4 Å². The Balaban J connectivity index is 2.19. The SMILES string of the molecule is Cc1cccc([B-](c2cccc(F)c2)(c2cccc(F)c2)c2cccc(F)c2)c1. The van der Waals surface area contributed by atoms with E-state index in [1.807, 2.05) is 49.4 Å². The van der Waals surface area contributed by atoms with Gasteiger partial charge >= 0.3 is 0 Å². The van der Waals surface area contributed by atoms with Crippen LogP contribution in [0.2, 0.25) is 0 Å². The molecule has 0 saturated carbocycles. The molecule has 0 nitrogen and oxygen atoms in total. The summed E-state index contributed by atoms with van der Waals surface area (Å²) in [5, 5.41) is 0. The van der Waals surface area contributed by atoms with Gasteiger partial charge in [0.15, 0.2) is 0 Å². The van der Waals surface area contributed by atoms with Crippen LogP contribution in [0.4, 0.5) is 13.2 Å². The van der Waals surface area contributed by atoms with Crippen molar-refractivity contribution in [2.45, 2.75) is 6.92 Å². The summed E-state index contributed by atoms with van der Waals surface area (Å²) in [6, 6.07) is 26.7. The molecule has 4 rings (SSSR count). The average Bonchev–Trinajstić information content (AvgIpc) is 2.69. The van der Waals surface area contributed by atoms with E-state index >= 15 is 0 Å². The second-order valence-corrected chi connectivity index (χ2v) is 7.45. The zero-order valence-electron chi connectivity index (χ0n) is 15.9. The Morgan fingerprint density at radius 1 is 0.483 bits per heavy atom. The smallest absolute Gasteiger partial charge is 0.120 e. The van der Waals surface area contributed by atoms with E-state index in [2.05, 4.69) is 0 Å². The highest BCUT2D eigenvalue weighted by Gasteiger charge is 2.32. The van der Waals surface area contributed by atoms with Crippen molar-refractivity contribution < 1.29 is 13.2 Å². The van der Waals surface area contributed by atoms with Gasteiger partial charge in [-0.15, -0.1) is 0 Å². The Labute approximate surface area is 168 Å². The fraction of sp³-hybridized carbons (Fsp3) is 0.0400. The van der Waals surface area contributed by atoms with Crippen LogP contribution < -0.4 is 21.9 Å². The molecule has 0 saturated heterocycles. The van der Waals surface area contributed by atoms with E-state index in [4.69, 9.17) is 0 Å². The predicted molar refractivity (Wildman–Crippen MR) is 115 cm³/mol. The summed E-state index contributed by atoms with van der Waals surface area (Å²) in [7, 11) is 0. The van der Waals surface area contributed by atoms with Crippen molar-refractivity contribution in [3.8, 4) is 0 Å². The van der Waals surface area contributed by atoms with E-state index in [1.165, 1.54) is 36.4 Å². The minimum atomic E-state index is -2.01. The van der Waals surface area contributed by atoms with Gasteiger partial charge in [0.1, 0.15) is 23.6 Å². The molecule has 29 heavy (non-hydrogen) atoms. The van der Waals surface area contributed by atoms with Crippen molar-refractivity contribution in [1.29, 1.82) is 0 Å². The number of halogens is 3. The predicted octanol–water partition coefficient (Wildman–Crippen LogP) is 3.79. The van der Waals surface area contributed by atoms with Gasteiger partial charge in [-0.05, 0) is 25.1 Å². The third-order valence-corrected chi connectivity index (χ3v) is 5.59. The first kappa shape index (κ1) is 19.1. The van der Waals surface area contributed by atoms with E-state index in [1.54, 1.807) is 18.2 Å². The maximum Gasteiger partial charge on any atom is 0.120 e. The molecule has 4 aromatic rings. The lowest BCUT2D eigenvalue weighted by atomic mass is 9.13. The van der Waals surface area contributed by atoms with Crippen molar-refractivity contribution in [3.63, 3.8) is 0 Å². The van der Waals surface area contributed by atoms with E-state index in [9.17, 15) is 13.2 Å². The van der Waals surface area contributed by atoms with Crippen LogP contribution in [0.15, 0.2) is 97.1 Å². The van der Waals surface area contributed by atoms with Crippen LogP contribution in [0.3, 0.4) is 0 Å². The van der Waals surface area contributed by atoms with Crippen LogP contribution in [0.1, 0.15) is 5.56 Å². The van der Waals surface area contributed by atoms with Gasteiger partial charge in [-0.25, -0.2) is 13.2 Å². The quantitative estimate of drug-likeness (QED) is 0.468. The molecule has 0 aliphatic carbocycles. The molecule has 0 spiro atoms. The summed E-state index contributed by atoms with van der Waals surface area (Å²) in [6.07, 6.45) is -2.01. The molecule has 0 aliphatic heterocycles. The largest absolute Gasteiger partial charge is 0.207 e. The first-order chi connectivity index (χ1) is 14.0. The second kappa shape index (κ2) is 7.63. The molecular weight excluding hydrogens is 368 g/mol. The molecule has 0 N–H and O–H groups in total. The van der Waals surface area contributed by atoms with Crippen LogP contribution in [-0.4, -0.2) is 6.15 Å². The number of benzene rings is 4. The first-order valence-electron chi connectivity index (χ1n) is 9.51. The van der Waals surface area contributed by atoms with Gasteiger partial charge in [-0.1, -0.05) is 84.4 Å². The molecule has 4 aromatic carbocycles. The van der Waals surface area contributed by atoms with E-state index in [0.717, 1.165) is 11.0 Å². The van der Waals surface area contributed by atoms with Crippen molar-refractivity contribution in [1.82, 2.24) is 0 Å². The summed E-state index contributed by atoms with van der Waals surface area (Å²) in [5.74, 6) is -1.18. The van der Waals surface area contributed by atoms with Gasteiger partial charge in [0.2, 0.25) is 0 Å². The highest BCUT2D eigenvalue weighted by Crippen LogP contribution is 2.13. The lowest BCUT2D eigenvalue weighted by Crippen LogP contribution is -2.75. The zero-order valence-corrected chi connectivity index (χ0v) is 15.9. The summed E-state index contributed by atoms with van der Waals surface area (Å²) in [6.45, 7) is 1.97. The van der Waals surface area contributed by atoms with Crippen LogP contribution in [0, 0.1) is 24.4 Å².